The van der Waals surface area contributed by atoms with E-state index in [9.17, 15) is 4.79 Å². The molecule has 0 saturated carbocycles. The van der Waals surface area contributed by atoms with Crippen LogP contribution in [-0.4, -0.2) is 26.7 Å². The predicted octanol–water partition coefficient (Wildman–Crippen LogP) is 2.18. The molecule has 0 atom stereocenters. The van der Waals surface area contributed by atoms with Gasteiger partial charge in [0.1, 0.15) is 0 Å². The maximum atomic E-state index is 11.4. The summed E-state index contributed by atoms with van der Waals surface area (Å²) < 4.78 is 11.0. The average Bonchev–Trinajstić information content (AvgIpc) is 2.31. The van der Waals surface area contributed by atoms with Crippen LogP contribution in [0.4, 0.5) is 5.69 Å². The number of rotatable bonds is 5. The standard InChI is InChI=1S/C11H15BrN2O3.ClH/c1-16-9-5-7(12)8(6-10(9)17-2)14-11(15)3-4-13;/h5-6H,3-4,13H2,1-2H3,(H,14,15);1H. The fraction of sp³-hybridized carbons (Fsp3) is 0.364. The van der Waals surface area contributed by atoms with Crippen LogP contribution in [0.1, 0.15) is 6.42 Å². The van der Waals surface area contributed by atoms with Gasteiger partial charge in [0, 0.05) is 29.6 Å². The summed E-state index contributed by atoms with van der Waals surface area (Å²) in [6.45, 7) is 0.316. The first-order chi connectivity index (χ1) is 8.12. The zero-order chi connectivity index (χ0) is 12.8. The average molecular weight is 340 g/mol. The lowest BCUT2D eigenvalue weighted by Crippen LogP contribution is -2.16. The van der Waals surface area contributed by atoms with Crippen molar-refractivity contribution in [1.82, 2.24) is 0 Å². The van der Waals surface area contributed by atoms with E-state index in [0.717, 1.165) is 4.47 Å². The summed E-state index contributed by atoms with van der Waals surface area (Å²) in [5.41, 5.74) is 5.93. The normalized spacial score (nSPS) is 9.33. The van der Waals surface area contributed by atoms with Gasteiger partial charge in [-0.25, -0.2) is 0 Å². The van der Waals surface area contributed by atoms with Gasteiger partial charge >= 0.3 is 0 Å². The molecule has 1 aromatic rings. The molecule has 0 aliphatic carbocycles. The van der Waals surface area contributed by atoms with Crippen LogP contribution in [0, 0.1) is 0 Å². The highest BCUT2D eigenvalue weighted by molar-refractivity contribution is 9.10. The molecule has 0 aromatic heterocycles. The van der Waals surface area contributed by atoms with E-state index in [1.165, 1.54) is 7.11 Å². The molecule has 0 heterocycles. The van der Waals surface area contributed by atoms with E-state index in [1.54, 1.807) is 19.2 Å². The van der Waals surface area contributed by atoms with Crippen LogP contribution in [0.5, 0.6) is 11.5 Å². The molecule has 3 N–H and O–H groups in total. The molecule has 0 bridgehead atoms. The molecule has 0 aliphatic rings. The minimum Gasteiger partial charge on any atom is -0.493 e. The Balaban J connectivity index is 0.00000289. The van der Waals surface area contributed by atoms with Crippen molar-refractivity contribution in [2.75, 3.05) is 26.1 Å². The maximum Gasteiger partial charge on any atom is 0.225 e. The highest BCUT2D eigenvalue weighted by Crippen LogP contribution is 2.36. The molecule has 0 aliphatic heterocycles. The number of nitrogens with one attached hydrogen (secondary N) is 1. The van der Waals surface area contributed by atoms with Gasteiger partial charge in [0.2, 0.25) is 5.91 Å². The molecule has 18 heavy (non-hydrogen) atoms. The van der Waals surface area contributed by atoms with Gasteiger partial charge in [-0.05, 0) is 15.9 Å². The van der Waals surface area contributed by atoms with Gasteiger partial charge in [0.15, 0.2) is 11.5 Å². The topological polar surface area (TPSA) is 73.6 Å². The van der Waals surface area contributed by atoms with E-state index in [4.69, 9.17) is 15.2 Å². The third kappa shape index (κ3) is 4.36. The fourth-order valence-electron chi connectivity index (χ4n) is 1.29. The van der Waals surface area contributed by atoms with E-state index in [1.807, 2.05) is 0 Å². The molecule has 102 valence electrons. The van der Waals surface area contributed by atoms with Gasteiger partial charge < -0.3 is 20.5 Å². The molecule has 0 spiro atoms. The number of amides is 1. The molecule has 0 saturated heterocycles. The number of carbonyl (C=O) groups excluding carboxylic acids is 1. The SMILES string of the molecule is COc1cc(Br)c(NC(=O)CCN)cc1OC.Cl. The van der Waals surface area contributed by atoms with Gasteiger partial charge in [-0.2, -0.15) is 0 Å². The Kier molecular flexibility index (Phi) is 7.73. The largest absolute Gasteiger partial charge is 0.493 e. The van der Waals surface area contributed by atoms with Crippen LogP contribution in [0.3, 0.4) is 0 Å². The molecular formula is C11H16BrClN2O3. The summed E-state index contributed by atoms with van der Waals surface area (Å²) in [7, 11) is 3.09. The number of methoxy groups -OCH3 is 2. The minimum atomic E-state index is -0.139. The van der Waals surface area contributed by atoms with Crippen molar-refractivity contribution in [3.05, 3.63) is 16.6 Å². The predicted molar refractivity (Wildman–Crippen MR) is 76.8 cm³/mol. The number of halogens is 2. The summed E-state index contributed by atoms with van der Waals surface area (Å²) >= 11 is 3.35. The minimum absolute atomic E-state index is 0. The first-order valence-electron chi connectivity index (χ1n) is 5.03. The van der Waals surface area contributed by atoms with Crippen LogP contribution in [-0.2, 0) is 4.79 Å². The molecule has 1 rings (SSSR count). The number of ether oxygens (including phenoxy) is 2. The fourth-order valence-corrected chi connectivity index (χ4v) is 1.72. The zero-order valence-corrected chi connectivity index (χ0v) is 12.6. The number of nitrogens with two attached hydrogens (primary N) is 1. The summed E-state index contributed by atoms with van der Waals surface area (Å²) in [4.78, 5) is 11.4. The lowest BCUT2D eigenvalue weighted by molar-refractivity contribution is -0.116. The molecule has 1 amide bonds. The molecule has 1 aromatic carbocycles. The Morgan fingerprint density at radius 2 is 1.89 bits per heavy atom. The van der Waals surface area contributed by atoms with Gasteiger partial charge in [-0.15, -0.1) is 12.4 Å². The summed E-state index contributed by atoms with van der Waals surface area (Å²) in [5.74, 6) is 1.01. The van der Waals surface area contributed by atoms with Gasteiger partial charge in [0.25, 0.3) is 0 Å². The van der Waals surface area contributed by atoms with Crippen molar-refractivity contribution in [2.24, 2.45) is 5.73 Å². The van der Waals surface area contributed by atoms with Crippen molar-refractivity contribution < 1.29 is 14.3 Å². The van der Waals surface area contributed by atoms with Crippen LogP contribution in [0.15, 0.2) is 16.6 Å². The summed E-state index contributed by atoms with van der Waals surface area (Å²) in [6.07, 6.45) is 0.279. The van der Waals surface area contributed by atoms with E-state index in [-0.39, 0.29) is 24.7 Å². The second-order valence-electron chi connectivity index (χ2n) is 3.27. The maximum absolute atomic E-state index is 11.4. The third-order valence-corrected chi connectivity index (χ3v) is 2.77. The van der Waals surface area contributed by atoms with Crippen molar-refractivity contribution in [2.45, 2.75) is 6.42 Å². The second kappa shape index (κ2) is 8.18. The third-order valence-electron chi connectivity index (χ3n) is 2.12. The van der Waals surface area contributed by atoms with Crippen LogP contribution < -0.4 is 20.5 Å². The lowest BCUT2D eigenvalue weighted by Gasteiger charge is -2.12. The molecule has 5 nitrogen and oxygen atoms in total. The van der Waals surface area contributed by atoms with Gasteiger partial charge in [-0.1, -0.05) is 0 Å². The van der Waals surface area contributed by atoms with Crippen molar-refractivity contribution in [3.8, 4) is 11.5 Å². The number of hydrogen-bond donors (Lipinski definition) is 2. The van der Waals surface area contributed by atoms with E-state index in [0.29, 0.717) is 23.7 Å². The first-order valence-corrected chi connectivity index (χ1v) is 5.83. The van der Waals surface area contributed by atoms with Gasteiger partial charge in [0.05, 0.1) is 19.9 Å². The Morgan fingerprint density at radius 1 is 1.33 bits per heavy atom. The quantitative estimate of drug-likeness (QED) is 0.862. The highest BCUT2D eigenvalue weighted by Gasteiger charge is 2.11. The second-order valence-corrected chi connectivity index (χ2v) is 4.13. The Morgan fingerprint density at radius 3 is 2.39 bits per heavy atom. The first kappa shape index (κ1) is 17.0. The number of hydrogen-bond acceptors (Lipinski definition) is 4. The highest BCUT2D eigenvalue weighted by atomic mass is 79.9. The zero-order valence-electron chi connectivity index (χ0n) is 10.2. The van der Waals surface area contributed by atoms with Crippen LogP contribution in [0.25, 0.3) is 0 Å². The molecule has 7 heteroatoms. The van der Waals surface area contributed by atoms with Crippen LogP contribution in [0.2, 0.25) is 0 Å². The molecule has 0 unspecified atom stereocenters. The van der Waals surface area contributed by atoms with Crippen molar-refractivity contribution in [1.29, 1.82) is 0 Å². The number of benzene rings is 1. The summed E-state index contributed by atoms with van der Waals surface area (Å²) in [6, 6.07) is 3.42. The van der Waals surface area contributed by atoms with Gasteiger partial charge in [-0.3, -0.25) is 4.79 Å². The summed E-state index contributed by atoms with van der Waals surface area (Å²) in [5, 5.41) is 2.74. The van der Waals surface area contributed by atoms with E-state index >= 15 is 0 Å². The Hall–Kier alpha value is -0.980. The lowest BCUT2D eigenvalue weighted by atomic mass is 10.2. The Bertz CT molecular complexity index is 416. The molecule has 0 radical (unpaired) electrons. The van der Waals surface area contributed by atoms with E-state index < -0.39 is 0 Å². The van der Waals surface area contributed by atoms with Crippen molar-refractivity contribution in [3.63, 3.8) is 0 Å². The number of anilines is 1. The number of carbonyl (C=O) groups is 1. The molecule has 0 fully saturated rings. The molecular weight excluding hydrogens is 323 g/mol. The smallest absolute Gasteiger partial charge is 0.225 e. The van der Waals surface area contributed by atoms with Crippen LogP contribution >= 0.6 is 28.3 Å². The Labute approximate surface area is 121 Å². The van der Waals surface area contributed by atoms with E-state index in [2.05, 4.69) is 21.2 Å². The monoisotopic (exact) mass is 338 g/mol. The van der Waals surface area contributed by atoms with Crippen molar-refractivity contribution >= 4 is 39.9 Å².